The van der Waals surface area contributed by atoms with Crippen LogP contribution in [0.3, 0.4) is 0 Å². The van der Waals surface area contributed by atoms with Crippen LogP contribution in [-0.4, -0.2) is 47.1 Å². The number of aliphatic hydroxyl groups is 1. The standard InChI is InChI=1S/C25H31NO3/c27-24(21-12-5-2-6-13-21)23-22(26-16-7-8-17-26)14-9-15-25(23,28)19-29-18-20-10-3-1-4-11-20/h1-6,10-13,22-23,28H,7-9,14-19H2/t22-,23-,25+/m0/s1. The van der Waals surface area contributed by atoms with Crippen LogP contribution in [0.2, 0.25) is 0 Å². The normalized spacial score (nSPS) is 27.8. The zero-order valence-corrected chi connectivity index (χ0v) is 17.0. The van der Waals surface area contributed by atoms with Crippen LogP contribution in [0.1, 0.15) is 48.0 Å². The molecule has 0 amide bonds. The number of carbonyl (C=O) groups excluding carboxylic acids is 1. The summed E-state index contributed by atoms with van der Waals surface area (Å²) in [6.07, 6.45) is 4.84. The molecule has 29 heavy (non-hydrogen) atoms. The summed E-state index contributed by atoms with van der Waals surface area (Å²) >= 11 is 0. The first kappa shape index (κ1) is 20.3. The van der Waals surface area contributed by atoms with Crippen LogP contribution in [0, 0.1) is 5.92 Å². The quantitative estimate of drug-likeness (QED) is 0.720. The lowest BCUT2D eigenvalue weighted by molar-refractivity contribution is -0.117. The smallest absolute Gasteiger partial charge is 0.170 e. The van der Waals surface area contributed by atoms with Crippen molar-refractivity contribution in [3.63, 3.8) is 0 Å². The number of ether oxygens (including phenoxy) is 1. The number of hydrogen-bond acceptors (Lipinski definition) is 4. The van der Waals surface area contributed by atoms with E-state index in [1.165, 1.54) is 12.8 Å². The zero-order valence-electron chi connectivity index (χ0n) is 17.0. The van der Waals surface area contributed by atoms with Crippen LogP contribution in [0.25, 0.3) is 0 Å². The summed E-state index contributed by atoms with van der Waals surface area (Å²) < 4.78 is 5.97. The van der Waals surface area contributed by atoms with E-state index in [0.29, 0.717) is 18.6 Å². The SMILES string of the molecule is O=C(c1ccccc1)[C@@H]1[C@@H](N2CCCC2)CCC[C@@]1(O)COCc1ccccc1. The number of nitrogens with zero attached hydrogens (tertiary/aromatic N) is 1. The molecule has 2 aliphatic rings. The molecule has 2 aromatic carbocycles. The molecule has 4 heteroatoms. The van der Waals surface area contributed by atoms with Gasteiger partial charge in [0.2, 0.25) is 0 Å². The first-order valence-corrected chi connectivity index (χ1v) is 10.8. The topological polar surface area (TPSA) is 49.8 Å². The van der Waals surface area contributed by atoms with Crippen LogP contribution >= 0.6 is 0 Å². The van der Waals surface area contributed by atoms with Gasteiger partial charge < -0.3 is 9.84 Å². The summed E-state index contributed by atoms with van der Waals surface area (Å²) in [7, 11) is 0. The molecule has 1 N–H and O–H groups in total. The van der Waals surface area contributed by atoms with Crippen molar-refractivity contribution in [3.05, 3.63) is 71.8 Å². The third-order valence-corrected chi connectivity index (χ3v) is 6.49. The van der Waals surface area contributed by atoms with Crippen molar-refractivity contribution < 1.29 is 14.6 Å². The highest BCUT2D eigenvalue weighted by atomic mass is 16.5. The lowest BCUT2D eigenvalue weighted by Gasteiger charge is -2.47. The summed E-state index contributed by atoms with van der Waals surface area (Å²) in [6.45, 7) is 2.67. The number of ketones is 1. The molecular formula is C25H31NO3. The Morgan fingerprint density at radius 3 is 2.34 bits per heavy atom. The Morgan fingerprint density at radius 2 is 1.66 bits per heavy atom. The fourth-order valence-corrected chi connectivity index (χ4v) is 5.05. The highest BCUT2D eigenvalue weighted by Crippen LogP contribution is 2.40. The minimum atomic E-state index is -1.13. The molecule has 0 radical (unpaired) electrons. The molecule has 154 valence electrons. The van der Waals surface area contributed by atoms with Crippen molar-refractivity contribution in [1.29, 1.82) is 0 Å². The third-order valence-electron chi connectivity index (χ3n) is 6.49. The summed E-state index contributed by atoms with van der Waals surface area (Å²) in [5.74, 6) is -0.402. The Balaban J connectivity index is 1.56. The average Bonchev–Trinajstić information content (AvgIpc) is 3.29. The summed E-state index contributed by atoms with van der Waals surface area (Å²) in [5.41, 5.74) is 0.631. The molecule has 1 aliphatic heterocycles. The fraction of sp³-hybridized carbons (Fsp3) is 0.480. The van der Waals surface area contributed by atoms with E-state index in [4.69, 9.17) is 4.74 Å². The molecule has 1 saturated carbocycles. The number of likely N-dealkylation sites (tertiary alicyclic amines) is 1. The predicted octanol–water partition coefficient (Wildman–Crippen LogP) is 4.08. The second-order valence-corrected chi connectivity index (χ2v) is 8.49. The first-order valence-electron chi connectivity index (χ1n) is 10.8. The number of benzene rings is 2. The maximum Gasteiger partial charge on any atom is 0.170 e. The van der Waals surface area contributed by atoms with Crippen molar-refractivity contribution in [1.82, 2.24) is 4.90 Å². The Bertz CT molecular complexity index is 788. The number of carbonyl (C=O) groups is 1. The van der Waals surface area contributed by atoms with Gasteiger partial charge in [-0.3, -0.25) is 9.69 Å². The van der Waals surface area contributed by atoms with E-state index in [2.05, 4.69) is 4.90 Å². The van der Waals surface area contributed by atoms with E-state index in [-0.39, 0.29) is 18.4 Å². The van der Waals surface area contributed by atoms with E-state index in [1.54, 1.807) is 0 Å². The van der Waals surface area contributed by atoms with Crippen LogP contribution in [0.4, 0.5) is 0 Å². The van der Waals surface area contributed by atoms with Crippen LogP contribution in [0.15, 0.2) is 60.7 Å². The second kappa shape index (κ2) is 9.21. The molecule has 0 bridgehead atoms. The van der Waals surface area contributed by atoms with Gasteiger partial charge in [0.05, 0.1) is 24.7 Å². The molecule has 3 atom stereocenters. The molecule has 4 rings (SSSR count). The van der Waals surface area contributed by atoms with Crippen molar-refractivity contribution in [2.24, 2.45) is 5.92 Å². The van der Waals surface area contributed by atoms with Crippen molar-refractivity contribution in [2.45, 2.75) is 50.4 Å². The molecule has 0 spiro atoms. The van der Waals surface area contributed by atoms with Gasteiger partial charge in [0.15, 0.2) is 5.78 Å². The molecule has 0 unspecified atom stereocenters. The van der Waals surface area contributed by atoms with E-state index >= 15 is 0 Å². The van der Waals surface area contributed by atoms with Crippen molar-refractivity contribution >= 4 is 5.78 Å². The lowest BCUT2D eigenvalue weighted by atomic mass is 9.69. The van der Waals surface area contributed by atoms with Crippen molar-refractivity contribution in [3.8, 4) is 0 Å². The molecule has 1 saturated heterocycles. The maximum absolute atomic E-state index is 13.6. The number of hydrogen-bond donors (Lipinski definition) is 1. The number of rotatable bonds is 7. The Labute approximate surface area is 173 Å². The predicted molar refractivity (Wildman–Crippen MR) is 114 cm³/mol. The van der Waals surface area contributed by atoms with Gasteiger partial charge in [-0.1, -0.05) is 60.7 Å². The van der Waals surface area contributed by atoms with Gasteiger partial charge in [0.1, 0.15) is 0 Å². The van der Waals surface area contributed by atoms with E-state index in [9.17, 15) is 9.90 Å². The monoisotopic (exact) mass is 393 g/mol. The Morgan fingerprint density at radius 1 is 1.00 bits per heavy atom. The minimum Gasteiger partial charge on any atom is -0.387 e. The van der Waals surface area contributed by atoms with E-state index in [0.717, 1.165) is 31.5 Å². The highest BCUT2D eigenvalue weighted by molar-refractivity contribution is 5.99. The zero-order chi connectivity index (χ0) is 20.1. The van der Waals surface area contributed by atoms with Crippen LogP contribution in [0.5, 0.6) is 0 Å². The number of Topliss-reactive ketones (excluding diaryl/α,β-unsaturated/α-hetero) is 1. The van der Waals surface area contributed by atoms with Crippen LogP contribution < -0.4 is 0 Å². The lowest BCUT2D eigenvalue weighted by Crippen LogP contribution is -2.58. The highest BCUT2D eigenvalue weighted by Gasteiger charge is 2.50. The molecule has 4 nitrogen and oxygen atoms in total. The van der Waals surface area contributed by atoms with Crippen LogP contribution in [-0.2, 0) is 11.3 Å². The third kappa shape index (κ3) is 4.61. The second-order valence-electron chi connectivity index (χ2n) is 8.49. The maximum atomic E-state index is 13.6. The van der Waals surface area contributed by atoms with Crippen molar-refractivity contribution in [2.75, 3.05) is 19.7 Å². The first-order chi connectivity index (χ1) is 14.2. The van der Waals surface area contributed by atoms with Gasteiger partial charge in [0.25, 0.3) is 0 Å². The molecule has 2 aromatic rings. The molecule has 2 fully saturated rings. The summed E-state index contributed by atoms with van der Waals surface area (Å²) in [5, 5.41) is 11.7. The molecular weight excluding hydrogens is 362 g/mol. The Hall–Kier alpha value is -2.01. The fourth-order valence-electron chi connectivity index (χ4n) is 5.05. The summed E-state index contributed by atoms with van der Waals surface area (Å²) in [4.78, 5) is 16.0. The van der Waals surface area contributed by atoms with Gasteiger partial charge in [0, 0.05) is 11.6 Å². The van der Waals surface area contributed by atoms with Gasteiger partial charge in [-0.2, -0.15) is 0 Å². The van der Waals surface area contributed by atoms with E-state index in [1.807, 2.05) is 60.7 Å². The van der Waals surface area contributed by atoms with E-state index < -0.39 is 11.5 Å². The van der Waals surface area contributed by atoms with Gasteiger partial charge in [-0.15, -0.1) is 0 Å². The van der Waals surface area contributed by atoms with Gasteiger partial charge >= 0.3 is 0 Å². The average molecular weight is 394 g/mol. The molecule has 0 aromatic heterocycles. The molecule has 1 aliphatic carbocycles. The van der Waals surface area contributed by atoms with Gasteiger partial charge in [-0.25, -0.2) is 0 Å². The molecule has 1 heterocycles. The minimum absolute atomic E-state index is 0.0491. The summed E-state index contributed by atoms with van der Waals surface area (Å²) in [6, 6.07) is 19.5. The largest absolute Gasteiger partial charge is 0.387 e. The Kier molecular flexibility index (Phi) is 6.43. The van der Waals surface area contributed by atoms with Gasteiger partial charge in [-0.05, 0) is 50.8 Å².